The third-order valence-electron chi connectivity index (χ3n) is 4.80. The first-order valence-electron chi connectivity index (χ1n) is 8.32. The summed E-state index contributed by atoms with van der Waals surface area (Å²) in [6, 6.07) is 17.9. The first-order chi connectivity index (χ1) is 11.2. The number of aromatic carboxylic acids is 1. The first-order valence-corrected chi connectivity index (χ1v) is 8.32. The van der Waals surface area contributed by atoms with E-state index in [0.717, 1.165) is 18.7 Å². The van der Waals surface area contributed by atoms with Crippen LogP contribution in [-0.4, -0.2) is 17.6 Å². The van der Waals surface area contributed by atoms with Gasteiger partial charge in [-0.25, -0.2) is 4.79 Å². The van der Waals surface area contributed by atoms with Crippen LogP contribution in [0.2, 0.25) is 0 Å². The van der Waals surface area contributed by atoms with E-state index in [-0.39, 0.29) is 0 Å². The normalized spacial score (nSPS) is 20.5. The summed E-state index contributed by atoms with van der Waals surface area (Å²) in [5.74, 6) is 0.445. The number of hydrogen-bond acceptors (Lipinski definition) is 2. The van der Waals surface area contributed by atoms with Gasteiger partial charge in [-0.15, -0.1) is 0 Å². The van der Waals surface area contributed by atoms with E-state index in [4.69, 9.17) is 5.11 Å². The van der Waals surface area contributed by atoms with Gasteiger partial charge in [-0.05, 0) is 54.5 Å². The summed E-state index contributed by atoms with van der Waals surface area (Å²) < 4.78 is 0. The maximum atomic E-state index is 11.0. The third-order valence-corrected chi connectivity index (χ3v) is 4.80. The molecule has 1 fully saturated rings. The molecule has 1 saturated carbocycles. The van der Waals surface area contributed by atoms with Crippen molar-refractivity contribution in [2.75, 3.05) is 6.54 Å². The van der Waals surface area contributed by atoms with E-state index in [1.54, 1.807) is 12.1 Å². The first kappa shape index (κ1) is 15.8. The molecule has 0 spiro atoms. The predicted molar refractivity (Wildman–Crippen MR) is 91.6 cm³/mol. The minimum Gasteiger partial charge on any atom is -0.478 e. The molecule has 3 rings (SSSR count). The van der Waals surface area contributed by atoms with Gasteiger partial charge >= 0.3 is 5.97 Å². The second-order valence-corrected chi connectivity index (χ2v) is 6.34. The lowest BCUT2D eigenvalue weighted by molar-refractivity contribution is 0.0696. The summed E-state index contributed by atoms with van der Waals surface area (Å²) in [7, 11) is 0. The highest BCUT2D eigenvalue weighted by atomic mass is 16.4. The van der Waals surface area contributed by atoms with Gasteiger partial charge in [-0.3, -0.25) is 0 Å². The van der Waals surface area contributed by atoms with E-state index in [0.29, 0.717) is 17.4 Å². The van der Waals surface area contributed by atoms with Gasteiger partial charge in [0.1, 0.15) is 0 Å². The molecule has 0 bridgehead atoms. The van der Waals surface area contributed by atoms with Crippen molar-refractivity contribution in [1.82, 2.24) is 5.32 Å². The highest BCUT2D eigenvalue weighted by Crippen LogP contribution is 2.39. The Balaban J connectivity index is 1.56. The molecule has 0 aromatic heterocycles. The maximum Gasteiger partial charge on any atom is 0.335 e. The average molecular weight is 309 g/mol. The lowest BCUT2D eigenvalue weighted by Crippen LogP contribution is -2.24. The van der Waals surface area contributed by atoms with Crippen LogP contribution in [0.1, 0.15) is 46.7 Å². The summed E-state index contributed by atoms with van der Waals surface area (Å²) >= 11 is 0. The third kappa shape index (κ3) is 3.99. The summed E-state index contributed by atoms with van der Waals surface area (Å²) in [4.78, 5) is 11.0. The number of carbonyl (C=O) groups is 1. The lowest BCUT2D eigenvalue weighted by Gasteiger charge is -2.20. The fourth-order valence-corrected chi connectivity index (χ4v) is 3.64. The zero-order valence-electron chi connectivity index (χ0n) is 13.2. The number of benzene rings is 2. The molecule has 0 aliphatic heterocycles. The molecule has 0 heterocycles. The SMILES string of the molecule is O=C(O)c1cccc(CNCC2CCCC2c2ccccc2)c1. The van der Waals surface area contributed by atoms with Crippen molar-refractivity contribution in [2.45, 2.75) is 31.7 Å². The molecular formula is C20H23NO2. The molecule has 2 atom stereocenters. The monoisotopic (exact) mass is 309 g/mol. The number of nitrogens with one attached hydrogen (secondary N) is 1. The minimum absolute atomic E-state index is 0.354. The quantitative estimate of drug-likeness (QED) is 0.846. The number of rotatable bonds is 6. The van der Waals surface area contributed by atoms with E-state index in [1.165, 1.54) is 24.8 Å². The van der Waals surface area contributed by atoms with Gasteiger partial charge < -0.3 is 10.4 Å². The molecule has 0 amide bonds. The van der Waals surface area contributed by atoms with Gasteiger partial charge in [0.2, 0.25) is 0 Å². The predicted octanol–water partition coefficient (Wildman–Crippen LogP) is 4.06. The van der Waals surface area contributed by atoms with E-state index >= 15 is 0 Å². The fourth-order valence-electron chi connectivity index (χ4n) is 3.64. The van der Waals surface area contributed by atoms with Gasteiger partial charge in [0.15, 0.2) is 0 Å². The average Bonchev–Trinajstić information content (AvgIpc) is 3.04. The van der Waals surface area contributed by atoms with E-state index in [9.17, 15) is 4.79 Å². The highest BCUT2D eigenvalue weighted by Gasteiger charge is 2.27. The molecule has 120 valence electrons. The summed E-state index contributed by atoms with van der Waals surface area (Å²) in [6.45, 7) is 1.70. The molecule has 2 aromatic rings. The molecule has 1 aliphatic carbocycles. The number of hydrogen-bond donors (Lipinski definition) is 2. The van der Waals surface area contributed by atoms with Crippen LogP contribution in [0.3, 0.4) is 0 Å². The zero-order valence-corrected chi connectivity index (χ0v) is 13.2. The number of carboxylic acid groups (broad SMARTS) is 1. The van der Waals surface area contributed by atoms with Gasteiger partial charge in [-0.1, -0.05) is 48.9 Å². The van der Waals surface area contributed by atoms with E-state index < -0.39 is 5.97 Å². The molecule has 2 N–H and O–H groups in total. The maximum absolute atomic E-state index is 11.0. The molecule has 3 heteroatoms. The molecule has 0 saturated heterocycles. The van der Waals surface area contributed by atoms with Crippen molar-refractivity contribution >= 4 is 5.97 Å². The largest absolute Gasteiger partial charge is 0.478 e. The molecular weight excluding hydrogens is 286 g/mol. The highest BCUT2D eigenvalue weighted by molar-refractivity contribution is 5.87. The van der Waals surface area contributed by atoms with Crippen LogP contribution in [0.5, 0.6) is 0 Å². The summed E-state index contributed by atoms with van der Waals surface area (Å²) in [5, 5.41) is 12.6. The Hall–Kier alpha value is -2.13. The van der Waals surface area contributed by atoms with Crippen molar-refractivity contribution in [1.29, 1.82) is 0 Å². The smallest absolute Gasteiger partial charge is 0.335 e. The summed E-state index contributed by atoms with van der Waals surface area (Å²) in [6.07, 6.45) is 3.83. The standard InChI is InChI=1S/C20H23NO2/c22-20(23)17-9-4-6-15(12-17)13-21-14-18-10-5-11-19(18)16-7-2-1-3-8-16/h1-4,6-9,12,18-19,21H,5,10-11,13-14H2,(H,22,23). The van der Waals surface area contributed by atoms with Crippen LogP contribution < -0.4 is 5.32 Å². The zero-order chi connectivity index (χ0) is 16.1. The van der Waals surface area contributed by atoms with Crippen LogP contribution in [0, 0.1) is 5.92 Å². The molecule has 23 heavy (non-hydrogen) atoms. The van der Waals surface area contributed by atoms with Gasteiger partial charge in [0, 0.05) is 6.54 Å². The van der Waals surface area contributed by atoms with Gasteiger partial charge in [-0.2, -0.15) is 0 Å². The molecule has 3 nitrogen and oxygen atoms in total. The van der Waals surface area contributed by atoms with Crippen molar-refractivity contribution in [2.24, 2.45) is 5.92 Å². The fraction of sp³-hybridized carbons (Fsp3) is 0.350. The minimum atomic E-state index is -0.869. The Morgan fingerprint density at radius 3 is 2.70 bits per heavy atom. The topological polar surface area (TPSA) is 49.3 Å². The molecule has 2 unspecified atom stereocenters. The van der Waals surface area contributed by atoms with Crippen LogP contribution in [0.4, 0.5) is 0 Å². The van der Waals surface area contributed by atoms with Crippen molar-refractivity contribution < 1.29 is 9.90 Å². The molecule has 2 aromatic carbocycles. The Labute approximate surface area is 137 Å². The van der Waals surface area contributed by atoms with Crippen molar-refractivity contribution in [3.63, 3.8) is 0 Å². The molecule has 1 aliphatic rings. The van der Waals surface area contributed by atoms with Crippen LogP contribution in [0.15, 0.2) is 54.6 Å². The Morgan fingerprint density at radius 1 is 1.09 bits per heavy atom. The lowest BCUT2D eigenvalue weighted by atomic mass is 9.89. The second kappa shape index (κ2) is 7.42. The Kier molecular flexibility index (Phi) is 5.09. The van der Waals surface area contributed by atoms with E-state index in [1.807, 2.05) is 12.1 Å². The molecule has 0 radical (unpaired) electrons. The van der Waals surface area contributed by atoms with Crippen molar-refractivity contribution in [3.8, 4) is 0 Å². The Morgan fingerprint density at radius 2 is 1.91 bits per heavy atom. The van der Waals surface area contributed by atoms with Crippen molar-refractivity contribution in [3.05, 3.63) is 71.3 Å². The van der Waals surface area contributed by atoms with Crippen LogP contribution >= 0.6 is 0 Å². The van der Waals surface area contributed by atoms with Crippen LogP contribution in [0.25, 0.3) is 0 Å². The number of carboxylic acids is 1. The van der Waals surface area contributed by atoms with Gasteiger partial charge in [0.25, 0.3) is 0 Å². The van der Waals surface area contributed by atoms with E-state index in [2.05, 4.69) is 35.6 Å². The second-order valence-electron chi connectivity index (χ2n) is 6.34. The van der Waals surface area contributed by atoms with Crippen LogP contribution in [-0.2, 0) is 6.54 Å². The Bertz CT molecular complexity index is 654. The van der Waals surface area contributed by atoms with Gasteiger partial charge in [0.05, 0.1) is 5.56 Å². The summed E-state index contributed by atoms with van der Waals surface area (Å²) in [5.41, 5.74) is 2.83.